The predicted octanol–water partition coefficient (Wildman–Crippen LogP) is 3.75. The van der Waals surface area contributed by atoms with Gasteiger partial charge in [-0.15, -0.1) is 16.9 Å². The van der Waals surface area contributed by atoms with Gasteiger partial charge in [0.15, 0.2) is 0 Å². The van der Waals surface area contributed by atoms with Crippen molar-refractivity contribution in [3.8, 4) is 11.5 Å². The molecule has 5 nitrogen and oxygen atoms in total. The van der Waals surface area contributed by atoms with Gasteiger partial charge < -0.3 is 4.42 Å². The Kier molecular flexibility index (Phi) is 4.85. The van der Waals surface area contributed by atoms with Crippen molar-refractivity contribution in [2.45, 2.75) is 4.90 Å². The molecule has 1 amide bonds. The lowest BCUT2D eigenvalue weighted by Crippen LogP contribution is -2.14. The number of carbonyl (C=O) groups is 1. The summed E-state index contributed by atoms with van der Waals surface area (Å²) in [7, 11) is 0. The van der Waals surface area contributed by atoms with Gasteiger partial charge in [-0.3, -0.25) is 10.1 Å². The zero-order valence-electron chi connectivity index (χ0n) is 12.2. The second-order valence-electron chi connectivity index (χ2n) is 4.69. The minimum atomic E-state index is -0.711. The number of nitrogens with one attached hydrogen (secondary N) is 1. The zero-order chi connectivity index (χ0) is 16.9. The van der Waals surface area contributed by atoms with Crippen LogP contribution in [0.25, 0.3) is 11.5 Å². The van der Waals surface area contributed by atoms with Gasteiger partial charge in [0, 0.05) is 16.5 Å². The number of aromatic nitrogens is 2. The van der Waals surface area contributed by atoms with Gasteiger partial charge in [0.25, 0.3) is 0 Å². The number of thioether (sulfide) groups is 1. The molecule has 0 unspecified atom stereocenters. The fourth-order valence-electron chi connectivity index (χ4n) is 1.86. The molecule has 1 N–H and O–H groups in total. The molecule has 2 aromatic carbocycles. The van der Waals surface area contributed by atoms with Crippen molar-refractivity contribution in [1.82, 2.24) is 10.2 Å². The molecule has 0 bridgehead atoms. The lowest BCUT2D eigenvalue weighted by molar-refractivity contribution is -0.113. The summed E-state index contributed by atoms with van der Waals surface area (Å²) in [5.41, 5.74) is 0.730. The molecule has 3 rings (SSSR count). The molecule has 0 fully saturated rings. The highest BCUT2D eigenvalue weighted by molar-refractivity contribution is 8.00. The minimum absolute atomic E-state index is 0.0426. The second kappa shape index (κ2) is 7.22. The Hall–Kier alpha value is -2.74. The molecule has 0 aliphatic rings. The van der Waals surface area contributed by atoms with Crippen molar-refractivity contribution in [1.29, 1.82) is 0 Å². The summed E-state index contributed by atoms with van der Waals surface area (Å²) in [6.45, 7) is 0. The highest BCUT2D eigenvalue weighted by atomic mass is 32.2. The number of hydrogen-bond acceptors (Lipinski definition) is 5. The van der Waals surface area contributed by atoms with Crippen molar-refractivity contribution in [3.05, 3.63) is 60.2 Å². The first-order chi connectivity index (χ1) is 11.6. The van der Waals surface area contributed by atoms with E-state index in [1.165, 1.54) is 6.07 Å². The van der Waals surface area contributed by atoms with Crippen LogP contribution >= 0.6 is 11.8 Å². The number of carbonyl (C=O) groups excluding carboxylic acids is 1. The summed E-state index contributed by atoms with van der Waals surface area (Å²) >= 11 is 0.943. The summed E-state index contributed by atoms with van der Waals surface area (Å²) in [6.07, 6.45) is 0. The van der Waals surface area contributed by atoms with E-state index in [2.05, 4.69) is 15.5 Å². The van der Waals surface area contributed by atoms with Crippen LogP contribution in [0.15, 0.2) is 57.8 Å². The molecular weight excluding hydrogens is 336 g/mol. The average molecular weight is 347 g/mol. The third kappa shape index (κ3) is 3.96. The van der Waals surface area contributed by atoms with E-state index in [9.17, 15) is 13.6 Å². The Labute approximate surface area is 140 Å². The summed E-state index contributed by atoms with van der Waals surface area (Å²) in [6, 6.07) is 12.2. The van der Waals surface area contributed by atoms with E-state index in [1.54, 1.807) is 12.1 Å². The van der Waals surface area contributed by atoms with E-state index in [0.29, 0.717) is 0 Å². The lowest BCUT2D eigenvalue weighted by atomic mass is 10.2. The molecule has 0 saturated carbocycles. The van der Waals surface area contributed by atoms with Crippen LogP contribution in [-0.2, 0) is 4.79 Å². The van der Waals surface area contributed by atoms with Crippen molar-refractivity contribution >= 4 is 23.7 Å². The molecule has 3 aromatic rings. The zero-order valence-corrected chi connectivity index (χ0v) is 13.0. The van der Waals surface area contributed by atoms with Gasteiger partial charge in [0.05, 0.1) is 5.75 Å². The van der Waals surface area contributed by atoms with Crippen LogP contribution in [0.2, 0.25) is 0 Å². The smallest absolute Gasteiger partial charge is 0.322 e. The molecule has 8 heteroatoms. The van der Waals surface area contributed by atoms with E-state index in [-0.39, 0.29) is 22.6 Å². The maximum Gasteiger partial charge on any atom is 0.322 e. The van der Waals surface area contributed by atoms with Crippen molar-refractivity contribution in [2.24, 2.45) is 0 Å². The van der Waals surface area contributed by atoms with Gasteiger partial charge >= 0.3 is 6.01 Å². The van der Waals surface area contributed by atoms with Crippen molar-refractivity contribution in [3.63, 3.8) is 0 Å². The Morgan fingerprint density at radius 2 is 1.92 bits per heavy atom. The van der Waals surface area contributed by atoms with Crippen LogP contribution in [0.4, 0.5) is 14.8 Å². The molecule has 122 valence electrons. The average Bonchev–Trinajstić information content (AvgIpc) is 3.03. The van der Waals surface area contributed by atoms with Crippen LogP contribution in [0.3, 0.4) is 0 Å². The summed E-state index contributed by atoms with van der Waals surface area (Å²) in [5, 5.41) is 10.0. The Morgan fingerprint density at radius 3 is 2.67 bits per heavy atom. The normalized spacial score (nSPS) is 10.6. The number of anilines is 1. The summed E-state index contributed by atoms with van der Waals surface area (Å²) < 4.78 is 31.7. The highest BCUT2D eigenvalue weighted by Crippen LogP contribution is 2.23. The Balaban J connectivity index is 1.58. The van der Waals surface area contributed by atoms with Crippen LogP contribution < -0.4 is 5.32 Å². The largest absolute Gasteiger partial charge is 0.403 e. The third-order valence-electron chi connectivity index (χ3n) is 2.94. The molecule has 0 aliphatic carbocycles. The van der Waals surface area contributed by atoms with E-state index in [4.69, 9.17) is 4.42 Å². The molecule has 1 aromatic heterocycles. The first-order valence-corrected chi connectivity index (χ1v) is 7.87. The maximum atomic E-state index is 13.5. The van der Waals surface area contributed by atoms with E-state index in [1.807, 2.05) is 18.2 Å². The van der Waals surface area contributed by atoms with Gasteiger partial charge in [-0.2, -0.15) is 0 Å². The fraction of sp³-hybridized carbons (Fsp3) is 0.0625. The first-order valence-electron chi connectivity index (χ1n) is 6.88. The number of halogens is 2. The molecule has 0 radical (unpaired) electrons. The fourth-order valence-corrected chi connectivity index (χ4v) is 2.58. The molecule has 0 spiro atoms. The molecule has 1 heterocycles. The number of benzene rings is 2. The lowest BCUT2D eigenvalue weighted by Gasteiger charge is -2.03. The van der Waals surface area contributed by atoms with Crippen LogP contribution in [0.1, 0.15) is 0 Å². The van der Waals surface area contributed by atoms with Gasteiger partial charge in [-0.1, -0.05) is 23.3 Å². The van der Waals surface area contributed by atoms with Gasteiger partial charge in [0.1, 0.15) is 11.6 Å². The number of amides is 1. The summed E-state index contributed by atoms with van der Waals surface area (Å²) in [4.78, 5) is 12.0. The van der Waals surface area contributed by atoms with Crippen molar-refractivity contribution < 1.29 is 18.0 Å². The molecule has 0 atom stereocenters. The summed E-state index contributed by atoms with van der Waals surface area (Å²) in [5.74, 6) is -1.61. The molecular formula is C16H11F2N3O2S. The highest BCUT2D eigenvalue weighted by Gasteiger charge is 2.12. The number of rotatable bonds is 5. The van der Waals surface area contributed by atoms with Crippen LogP contribution in [0, 0.1) is 11.6 Å². The Morgan fingerprint density at radius 1 is 1.12 bits per heavy atom. The van der Waals surface area contributed by atoms with Gasteiger partial charge in [-0.25, -0.2) is 8.78 Å². The van der Waals surface area contributed by atoms with E-state index >= 15 is 0 Å². The molecule has 0 aliphatic heterocycles. The predicted molar refractivity (Wildman–Crippen MR) is 85.4 cm³/mol. The number of nitrogens with zero attached hydrogens (tertiary/aromatic N) is 2. The van der Waals surface area contributed by atoms with Crippen LogP contribution in [-0.4, -0.2) is 21.9 Å². The topological polar surface area (TPSA) is 68.0 Å². The molecule has 24 heavy (non-hydrogen) atoms. The van der Waals surface area contributed by atoms with Gasteiger partial charge in [-0.05, 0) is 24.3 Å². The van der Waals surface area contributed by atoms with Crippen LogP contribution in [0.5, 0.6) is 0 Å². The quantitative estimate of drug-likeness (QED) is 0.712. The minimum Gasteiger partial charge on any atom is -0.403 e. The first kappa shape index (κ1) is 16.1. The monoisotopic (exact) mass is 347 g/mol. The number of hydrogen-bond donors (Lipinski definition) is 1. The van der Waals surface area contributed by atoms with E-state index < -0.39 is 17.5 Å². The molecule has 0 saturated heterocycles. The SMILES string of the molecule is O=C(CSc1ccc(F)cc1F)Nc1nnc(-c2ccccc2)o1. The maximum absolute atomic E-state index is 13.5. The van der Waals surface area contributed by atoms with Gasteiger partial charge in [0.2, 0.25) is 11.8 Å². The van der Waals surface area contributed by atoms with E-state index in [0.717, 1.165) is 29.5 Å². The standard InChI is InChI=1S/C16H11F2N3O2S/c17-11-6-7-13(12(18)8-11)24-9-14(22)19-16-21-20-15(23-16)10-4-2-1-3-5-10/h1-8H,9H2,(H,19,21,22). The third-order valence-corrected chi connectivity index (χ3v) is 3.99. The second-order valence-corrected chi connectivity index (χ2v) is 5.71. The van der Waals surface area contributed by atoms with Crippen molar-refractivity contribution in [2.75, 3.05) is 11.1 Å². The Bertz CT molecular complexity index is 856.